The van der Waals surface area contributed by atoms with Crippen molar-refractivity contribution in [2.45, 2.75) is 24.8 Å². The summed E-state index contributed by atoms with van der Waals surface area (Å²) in [5.41, 5.74) is 3.34. The number of halogens is 1. The van der Waals surface area contributed by atoms with E-state index in [1.165, 1.54) is 25.5 Å². The minimum absolute atomic E-state index is 0.197. The Hall–Kier alpha value is -2.54. The molecular formula is C21H25BrN4O2. The highest BCUT2D eigenvalue weighted by molar-refractivity contribution is 9.10. The van der Waals surface area contributed by atoms with Crippen molar-refractivity contribution in [3.05, 3.63) is 64.1 Å². The lowest BCUT2D eigenvalue weighted by Crippen LogP contribution is -2.40. The van der Waals surface area contributed by atoms with Crippen molar-refractivity contribution < 1.29 is 9.53 Å². The molecule has 0 heterocycles. The molecule has 0 atom stereocenters. The number of amides is 1. The molecule has 0 aliphatic heterocycles. The van der Waals surface area contributed by atoms with E-state index in [2.05, 4.69) is 65.9 Å². The number of nitrogens with one attached hydrogen (secondary N) is 3. The Labute approximate surface area is 173 Å². The largest absolute Gasteiger partial charge is 0.453 e. The summed E-state index contributed by atoms with van der Waals surface area (Å²) >= 11 is 3.56. The summed E-state index contributed by atoms with van der Waals surface area (Å²) in [4.78, 5) is 15.6. The fourth-order valence-electron chi connectivity index (χ4n) is 3.07. The maximum absolute atomic E-state index is 11.2. The minimum Gasteiger partial charge on any atom is -0.453 e. The molecule has 2 aromatic rings. The quantitative estimate of drug-likeness (QED) is 0.464. The Balaban J connectivity index is 1.51. The second kappa shape index (κ2) is 9.10. The average Bonchev–Trinajstić information content (AvgIpc) is 3.50. The van der Waals surface area contributed by atoms with Crippen LogP contribution in [0.3, 0.4) is 0 Å². The topological polar surface area (TPSA) is 74.8 Å². The zero-order valence-corrected chi connectivity index (χ0v) is 17.7. The lowest BCUT2D eigenvalue weighted by atomic mass is 9.96. The molecule has 148 valence electrons. The molecule has 1 saturated carbocycles. The van der Waals surface area contributed by atoms with Crippen molar-refractivity contribution in [3.63, 3.8) is 0 Å². The monoisotopic (exact) mass is 444 g/mol. The first-order valence-corrected chi connectivity index (χ1v) is 9.98. The van der Waals surface area contributed by atoms with Crippen LogP contribution in [0.4, 0.5) is 10.5 Å². The molecule has 1 aliphatic rings. The average molecular weight is 445 g/mol. The van der Waals surface area contributed by atoms with E-state index >= 15 is 0 Å². The molecule has 0 unspecified atom stereocenters. The maximum atomic E-state index is 11.2. The van der Waals surface area contributed by atoms with Crippen LogP contribution in [0.25, 0.3) is 0 Å². The summed E-state index contributed by atoms with van der Waals surface area (Å²) in [5, 5.41) is 9.43. The van der Waals surface area contributed by atoms with Crippen molar-refractivity contribution in [1.82, 2.24) is 10.6 Å². The highest BCUT2D eigenvalue weighted by Gasteiger charge is 2.44. The van der Waals surface area contributed by atoms with Gasteiger partial charge in [-0.25, -0.2) is 4.79 Å². The van der Waals surface area contributed by atoms with Gasteiger partial charge in [0.05, 0.1) is 7.11 Å². The summed E-state index contributed by atoms with van der Waals surface area (Å²) in [6.45, 7) is 1.49. The molecule has 3 rings (SSSR count). The second-order valence-corrected chi connectivity index (χ2v) is 7.80. The lowest BCUT2D eigenvalue weighted by Gasteiger charge is -2.19. The van der Waals surface area contributed by atoms with E-state index in [9.17, 15) is 4.79 Å². The number of hydrogen-bond acceptors (Lipinski definition) is 3. The molecule has 7 heteroatoms. The van der Waals surface area contributed by atoms with Gasteiger partial charge in [0.2, 0.25) is 0 Å². The number of carbonyl (C=O) groups excluding carboxylic acids is 1. The van der Waals surface area contributed by atoms with E-state index in [1.807, 2.05) is 24.3 Å². The van der Waals surface area contributed by atoms with Gasteiger partial charge in [0, 0.05) is 35.7 Å². The highest BCUT2D eigenvalue weighted by atomic mass is 79.9. The van der Waals surface area contributed by atoms with Gasteiger partial charge in [-0.1, -0.05) is 40.2 Å². The van der Waals surface area contributed by atoms with Crippen molar-refractivity contribution in [2.24, 2.45) is 4.99 Å². The summed E-state index contributed by atoms with van der Waals surface area (Å²) in [5.74, 6) is 0.776. The summed E-state index contributed by atoms with van der Waals surface area (Å²) < 4.78 is 5.70. The predicted molar refractivity (Wildman–Crippen MR) is 116 cm³/mol. The second-order valence-electron chi connectivity index (χ2n) is 6.88. The SMILES string of the molecule is CN=C(NCc1ccc(NC(=O)OC)cc1)NCC1(c2cccc(Br)c2)CC1. The van der Waals surface area contributed by atoms with Crippen molar-refractivity contribution in [3.8, 4) is 0 Å². The van der Waals surface area contributed by atoms with Gasteiger partial charge in [-0.15, -0.1) is 0 Å². The summed E-state index contributed by atoms with van der Waals surface area (Å²) in [6, 6.07) is 16.1. The molecular weight excluding hydrogens is 420 g/mol. The van der Waals surface area contributed by atoms with E-state index in [-0.39, 0.29) is 5.41 Å². The van der Waals surface area contributed by atoms with Crippen LogP contribution in [0.15, 0.2) is 58.0 Å². The highest BCUT2D eigenvalue weighted by Crippen LogP contribution is 2.48. The smallest absolute Gasteiger partial charge is 0.411 e. The van der Waals surface area contributed by atoms with Crippen LogP contribution in [0.5, 0.6) is 0 Å². The third kappa shape index (κ3) is 5.25. The standard InChI is InChI=1S/C21H25BrN4O2/c1-23-19(24-13-15-6-8-18(9-7-15)26-20(27)28-2)25-14-21(10-11-21)16-4-3-5-17(22)12-16/h3-9,12H,10-11,13-14H2,1-2H3,(H,26,27)(H2,23,24,25). The van der Waals surface area contributed by atoms with Gasteiger partial charge in [0.15, 0.2) is 5.96 Å². The Morgan fingerprint density at radius 2 is 1.93 bits per heavy atom. The molecule has 0 bridgehead atoms. The van der Waals surface area contributed by atoms with Crippen LogP contribution in [-0.2, 0) is 16.7 Å². The number of anilines is 1. The molecule has 0 spiro atoms. The van der Waals surface area contributed by atoms with Gasteiger partial charge in [-0.2, -0.15) is 0 Å². The van der Waals surface area contributed by atoms with Crippen LogP contribution >= 0.6 is 15.9 Å². The van der Waals surface area contributed by atoms with Gasteiger partial charge < -0.3 is 15.4 Å². The zero-order chi connectivity index (χ0) is 20.0. The van der Waals surface area contributed by atoms with Gasteiger partial charge in [-0.05, 0) is 48.2 Å². The molecule has 28 heavy (non-hydrogen) atoms. The number of hydrogen-bond donors (Lipinski definition) is 3. The molecule has 3 N–H and O–H groups in total. The van der Waals surface area contributed by atoms with Crippen LogP contribution in [-0.4, -0.2) is 32.8 Å². The van der Waals surface area contributed by atoms with E-state index in [1.54, 1.807) is 7.05 Å². The third-order valence-electron chi connectivity index (χ3n) is 4.95. The predicted octanol–water partition coefficient (Wildman–Crippen LogP) is 4.02. The number of guanidine groups is 1. The molecule has 2 aromatic carbocycles. The number of rotatable bonds is 6. The molecule has 1 amide bonds. The molecule has 6 nitrogen and oxygen atoms in total. The molecule has 1 fully saturated rings. The molecule has 0 radical (unpaired) electrons. The van der Waals surface area contributed by atoms with E-state index in [0.29, 0.717) is 12.2 Å². The summed E-state index contributed by atoms with van der Waals surface area (Å²) in [7, 11) is 3.12. The number of carbonyl (C=O) groups is 1. The maximum Gasteiger partial charge on any atom is 0.411 e. The van der Waals surface area contributed by atoms with E-state index < -0.39 is 6.09 Å². The van der Waals surface area contributed by atoms with Gasteiger partial charge in [-0.3, -0.25) is 10.3 Å². The number of ether oxygens (including phenoxy) is 1. The lowest BCUT2D eigenvalue weighted by molar-refractivity contribution is 0.187. The Morgan fingerprint density at radius 1 is 1.18 bits per heavy atom. The molecule has 0 aromatic heterocycles. The summed E-state index contributed by atoms with van der Waals surface area (Å²) in [6.07, 6.45) is 1.89. The van der Waals surface area contributed by atoms with E-state index in [0.717, 1.165) is 22.5 Å². The number of aliphatic imine (C=N–C) groups is 1. The fourth-order valence-corrected chi connectivity index (χ4v) is 3.47. The van der Waals surface area contributed by atoms with Crippen LogP contribution < -0.4 is 16.0 Å². The Bertz CT molecular complexity index is 848. The fraction of sp³-hybridized carbons (Fsp3) is 0.333. The zero-order valence-electron chi connectivity index (χ0n) is 16.1. The van der Waals surface area contributed by atoms with E-state index in [4.69, 9.17) is 0 Å². The van der Waals surface area contributed by atoms with Crippen molar-refractivity contribution in [2.75, 3.05) is 26.0 Å². The number of benzene rings is 2. The van der Waals surface area contributed by atoms with Crippen molar-refractivity contribution >= 4 is 33.7 Å². The van der Waals surface area contributed by atoms with Crippen LogP contribution in [0.2, 0.25) is 0 Å². The third-order valence-corrected chi connectivity index (χ3v) is 5.45. The first-order chi connectivity index (χ1) is 13.5. The first kappa shape index (κ1) is 20.2. The number of methoxy groups -OCH3 is 1. The van der Waals surface area contributed by atoms with Crippen LogP contribution in [0.1, 0.15) is 24.0 Å². The van der Waals surface area contributed by atoms with Gasteiger partial charge in [0.1, 0.15) is 0 Å². The van der Waals surface area contributed by atoms with Gasteiger partial charge in [0.25, 0.3) is 0 Å². The minimum atomic E-state index is -0.477. The Morgan fingerprint density at radius 3 is 2.54 bits per heavy atom. The van der Waals surface area contributed by atoms with Crippen LogP contribution in [0, 0.1) is 0 Å². The first-order valence-electron chi connectivity index (χ1n) is 9.19. The Kier molecular flexibility index (Phi) is 6.57. The van der Waals surface area contributed by atoms with Crippen molar-refractivity contribution in [1.29, 1.82) is 0 Å². The molecule has 0 saturated heterocycles. The van der Waals surface area contributed by atoms with Gasteiger partial charge >= 0.3 is 6.09 Å². The normalized spacial score (nSPS) is 14.9. The molecule has 1 aliphatic carbocycles. The number of nitrogens with zero attached hydrogens (tertiary/aromatic N) is 1.